The average molecular weight is 335 g/mol. The summed E-state index contributed by atoms with van der Waals surface area (Å²) in [5.74, 6) is -0.184. The number of nitrogen functional groups attached to an aromatic ring is 1. The van der Waals surface area contributed by atoms with E-state index in [-0.39, 0.29) is 49.8 Å². The lowest BCUT2D eigenvalue weighted by Crippen LogP contribution is -2.47. The molecule has 0 radical (unpaired) electrons. The highest BCUT2D eigenvalue weighted by atomic mass is 16.3. The smallest absolute Gasteiger partial charge is 0.243 e. The van der Waals surface area contributed by atoms with Crippen molar-refractivity contribution in [1.29, 1.82) is 0 Å². The van der Waals surface area contributed by atoms with Crippen LogP contribution in [0.4, 0.5) is 5.82 Å². The highest BCUT2D eigenvalue weighted by molar-refractivity contribution is 5.86. The number of ketones is 1. The van der Waals surface area contributed by atoms with Crippen LogP contribution in [0.3, 0.4) is 0 Å². The van der Waals surface area contributed by atoms with Gasteiger partial charge in [-0.05, 0) is 14.0 Å². The molecule has 0 aromatic carbocycles. The highest BCUT2D eigenvalue weighted by Crippen LogP contribution is 2.14. The number of carbonyl (C=O) groups excluding carboxylic acids is 2. The van der Waals surface area contributed by atoms with Crippen molar-refractivity contribution in [2.24, 2.45) is 0 Å². The number of likely N-dealkylation sites (N-methyl/N-ethyl adjacent to an activating group) is 1. The molecule has 0 aliphatic rings. The van der Waals surface area contributed by atoms with Gasteiger partial charge in [0.1, 0.15) is 24.2 Å². The van der Waals surface area contributed by atoms with Crippen molar-refractivity contribution < 1.29 is 14.7 Å². The summed E-state index contributed by atoms with van der Waals surface area (Å²) in [6.07, 6.45) is 2.76. The summed E-state index contributed by atoms with van der Waals surface area (Å²) in [6, 6.07) is -0.314. The SMILES string of the molecule is CN[C@@H](CO)CN(CC(C)=O)C(=O)Cn1cnc2c(N)ncnc21. The quantitative estimate of drug-likeness (QED) is 0.524. The number of nitrogens with two attached hydrogens (primary N) is 1. The number of aromatic nitrogens is 4. The molecular weight excluding hydrogens is 314 g/mol. The molecule has 2 rings (SSSR count). The summed E-state index contributed by atoms with van der Waals surface area (Å²) in [4.78, 5) is 37.5. The molecule has 4 N–H and O–H groups in total. The Bertz CT molecular complexity index is 726. The first kappa shape index (κ1) is 17.8. The van der Waals surface area contributed by atoms with Gasteiger partial charge in [-0.3, -0.25) is 9.59 Å². The van der Waals surface area contributed by atoms with Crippen molar-refractivity contribution >= 4 is 28.7 Å². The van der Waals surface area contributed by atoms with Gasteiger partial charge in [0, 0.05) is 12.6 Å². The second kappa shape index (κ2) is 7.79. The molecule has 0 saturated carbocycles. The molecule has 24 heavy (non-hydrogen) atoms. The normalized spacial score (nSPS) is 12.3. The number of imidazole rings is 1. The van der Waals surface area contributed by atoms with Gasteiger partial charge in [0.15, 0.2) is 11.5 Å². The van der Waals surface area contributed by atoms with E-state index in [1.54, 1.807) is 11.6 Å². The van der Waals surface area contributed by atoms with Crippen LogP contribution in [-0.2, 0) is 16.1 Å². The zero-order valence-corrected chi connectivity index (χ0v) is 13.6. The Morgan fingerprint density at radius 1 is 1.42 bits per heavy atom. The van der Waals surface area contributed by atoms with E-state index in [0.717, 1.165) is 0 Å². The maximum atomic E-state index is 12.6. The monoisotopic (exact) mass is 335 g/mol. The average Bonchev–Trinajstić information content (AvgIpc) is 2.95. The Hall–Kier alpha value is -2.59. The highest BCUT2D eigenvalue weighted by Gasteiger charge is 2.20. The molecule has 0 aliphatic heterocycles. The molecule has 0 aliphatic carbocycles. The fraction of sp³-hybridized carbons (Fsp3) is 0.500. The Kier molecular flexibility index (Phi) is 5.77. The topological polar surface area (TPSA) is 139 Å². The number of aliphatic hydroxyl groups excluding tert-OH is 1. The van der Waals surface area contributed by atoms with Gasteiger partial charge in [-0.2, -0.15) is 0 Å². The van der Waals surface area contributed by atoms with Crippen LogP contribution >= 0.6 is 0 Å². The van der Waals surface area contributed by atoms with E-state index in [1.807, 2.05) is 0 Å². The van der Waals surface area contributed by atoms with Crippen LogP contribution < -0.4 is 11.1 Å². The number of nitrogens with zero attached hydrogens (tertiary/aromatic N) is 5. The minimum Gasteiger partial charge on any atom is -0.395 e. The molecule has 2 heterocycles. The molecule has 0 bridgehead atoms. The first-order valence-corrected chi connectivity index (χ1v) is 7.42. The lowest BCUT2D eigenvalue weighted by molar-refractivity contribution is -0.135. The minimum atomic E-state index is -0.314. The van der Waals surface area contributed by atoms with Crippen molar-refractivity contribution in [3.8, 4) is 0 Å². The van der Waals surface area contributed by atoms with E-state index in [1.165, 1.54) is 24.5 Å². The summed E-state index contributed by atoms with van der Waals surface area (Å²) >= 11 is 0. The number of fused-ring (bicyclic) bond motifs is 1. The number of anilines is 1. The number of amides is 1. The van der Waals surface area contributed by atoms with Gasteiger partial charge in [-0.15, -0.1) is 0 Å². The number of hydrogen-bond donors (Lipinski definition) is 3. The van der Waals surface area contributed by atoms with Crippen molar-refractivity contribution in [2.45, 2.75) is 19.5 Å². The van der Waals surface area contributed by atoms with Crippen molar-refractivity contribution in [3.05, 3.63) is 12.7 Å². The third-order valence-corrected chi connectivity index (χ3v) is 3.57. The van der Waals surface area contributed by atoms with Crippen LogP contribution in [-0.4, -0.2) is 74.0 Å². The molecule has 1 atom stereocenters. The third kappa shape index (κ3) is 4.03. The second-order valence-corrected chi connectivity index (χ2v) is 5.45. The molecular formula is C14H21N7O3. The molecule has 10 heteroatoms. The standard InChI is InChI=1S/C14H21N7O3/c1-9(23)3-20(4-10(6-22)16-2)11(24)5-21-8-19-12-13(15)17-7-18-14(12)21/h7-8,10,16,22H,3-6H2,1-2H3,(H2,15,17,18)/t10-/m1/s1. The van der Waals surface area contributed by atoms with Gasteiger partial charge >= 0.3 is 0 Å². The van der Waals surface area contributed by atoms with Crippen molar-refractivity contribution in [1.82, 2.24) is 29.7 Å². The van der Waals surface area contributed by atoms with Crippen molar-refractivity contribution in [2.75, 3.05) is 32.5 Å². The molecule has 0 spiro atoms. The molecule has 0 unspecified atom stereocenters. The van der Waals surface area contributed by atoms with E-state index in [0.29, 0.717) is 11.2 Å². The maximum Gasteiger partial charge on any atom is 0.243 e. The van der Waals surface area contributed by atoms with Crippen LogP contribution in [0.25, 0.3) is 11.2 Å². The Morgan fingerprint density at radius 2 is 2.17 bits per heavy atom. The van der Waals surface area contributed by atoms with Gasteiger partial charge in [-0.1, -0.05) is 0 Å². The number of hydrogen-bond acceptors (Lipinski definition) is 8. The van der Waals surface area contributed by atoms with Crippen LogP contribution in [0.15, 0.2) is 12.7 Å². The molecule has 10 nitrogen and oxygen atoms in total. The Morgan fingerprint density at radius 3 is 2.79 bits per heavy atom. The molecule has 1 amide bonds. The van der Waals surface area contributed by atoms with E-state index < -0.39 is 0 Å². The van der Waals surface area contributed by atoms with Gasteiger partial charge in [0.2, 0.25) is 5.91 Å². The first-order valence-electron chi connectivity index (χ1n) is 7.42. The largest absolute Gasteiger partial charge is 0.395 e. The Labute approximate surface area is 138 Å². The van der Waals surface area contributed by atoms with E-state index in [9.17, 15) is 14.7 Å². The number of carbonyl (C=O) groups is 2. The van der Waals surface area contributed by atoms with Crippen LogP contribution in [0, 0.1) is 0 Å². The van der Waals surface area contributed by atoms with Gasteiger partial charge in [0.05, 0.1) is 19.5 Å². The maximum absolute atomic E-state index is 12.6. The van der Waals surface area contributed by atoms with E-state index in [2.05, 4.69) is 20.3 Å². The number of Topliss-reactive ketones (excluding diaryl/α,β-unsaturated/α-hetero) is 1. The summed E-state index contributed by atoms with van der Waals surface area (Å²) in [5, 5.41) is 12.2. The summed E-state index contributed by atoms with van der Waals surface area (Å²) in [7, 11) is 1.68. The summed E-state index contributed by atoms with van der Waals surface area (Å²) in [5.41, 5.74) is 6.60. The fourth-order valence-electron chi connectivity index (χ4n) is 2.29. The van der Waals surface area contributed by atoms with Gasteiger partial charge < -0.3 is 25.6 Å². The lowest BCUT2D eigenvalue weighted by Gasteiger charge is -2.26. The molecule has 2 aromatic rings. The second-order valence-electron chi connectivity index (χ2n) is 5.45. The van der Waals surface area contributed by atoms with E-state index in [4.69, 9.17) is 5.73 Å². The summed E-state index contributed by atoms with van der Waals surface area (Å²) < 4.78 is 1.55. The first-order chi connectivity index (χ1) is 11.5. The third-order valence-electron chi connectivity index (χ3n) is 3.57. The number of nitrogens with one attached hydrogen (secondary N) is 1. The lowest BCUT2D eigenvalue weighted by atomic mass is 10.2. The molecule has 130 valence electrons. The van der Waals surface area contributed by atoms with Gasteiger partial charge in [-0.25, -0.2) is 15.0 Å². The minimum absolute atomic E-state index is 0.0270. The number of aliphatic hydroxyl groups is 1. The van der Waals surface area contributed by atoms with Gasteiger partial charge in [0.25, 0.3) is 0 Å². The predicted octanol–water partition coefficient (Wildman–Crippen LogP) is -1.59. The molecule has 2 aromatic heterocycles. The van der Waals surface area contributed by atoms with Crippen LogP contribution in [0.5, 0.6) is 0 Å². The van der Waals surface area contributed by atoms with Crippen LogP contribution in [0.1, 0.15) is 6.92 Å². The van der Waals surface area contributed by atoms with Crippen LogP contribution in [0.2, 0.25) is 0 Å². The van der Waals surface area contributed by atoms with Crippen molar-refractivity contribution in [3.63, 3.8) is 0 Å². The zero-order valence-electron chi connectivity index (χ0n) is 13.6. The summed E-state index contributed by atoms with van der Waals surface area (Å²) in [6.45, 7) is 1.42. The molecule has 0 saturated heterocycles. The Balaban J connectivity index is 2.19. The number of rotatable bonds is 8. The van der Waals surface area contributed by atoms with E-state index >= 15 is 0 Å². The zero-order chi connectivity index (χ0) is 17.7. The molecule has 0 fully saturated rings. The fourth-order valence-corrected chi connectivity index (χ4v) is 2.29. The predicted molar refractivity (Wildman–Crippen MR) is 86.9 cm³/mol.